The Balaban J connectivity index is 2.16. The summed E-state index contributed by atoms with van der Waals surface area (Å²) < 4.78 is 39.6. The van der Waals surface area contributed by atoms with E-state index in [1.54, 1.807) is 32.0 Å². The minimum atomic E-state index is -2.08. The zero-order chi connectivity index (χ0) is 17.5. The van der Waals surface area contributed by atoms with Crippen molar-refractivity contribution in [1.29, 1.82) is 0 Å². The third-order valence-corrected chi connectivity index (χ3v) is 4.47. The Morgan fingerprint density at radius 3 is 2.33 bits per heavy atom. The largest absolute Gasteiger partial charge is 0.478 e. The summed E-state index contributed by atoms with van der Waals surface area (Å²) >= 11 is -2.08. The highest BCUT2D eigenvalue weighted by molar-refractivity contribution is 7.79. The second-order valence-corrected chi connectivity index (χ2v) is 6.90. The Hall–Kier alpha value is -2.31. The fourth-order valence-corrected chi connectivity index (χ4v) is 2.96. The van der Waals surface area contributed by atoms with Crippen molar-refractivity contribution in [2.24, 2.45) is 0 Å². The summed E-state index contributed by atoms with van der Waals surface area (Å²) in [6.45, 7) is 3.30. The van der Waals surface area contributed by atoms with Crippen molar-refractivity contribution in [1.82, 2.24) is 0 Å². The zero-order valence-electron chi connectivity index (χ0n) is 13.1. The lowest BCUT2D eigenvalue weighted by molar-refractivity contribution is -0.125. The van der Waals surface area contributed by atoms with E-state index in [9.17, 15) is 13.4 Å². The van der Waals surface area contributed by atoms with Gasteiger partial charge in [0.15, 0.2) is 16.7 Å². The molecule has 1 unspecified atom stereocenters. The first-order valence-electron chi connectivity index (χ1n) is 7.25. The van der Waals surface area contributed by atoms with Crippen molar-refractivity contribution < 1.29 is 22.7 Å². The molecule has 0 aliphatic carbocycles. The lowest BCUT2D eigenvalue weighted by atomic mass is 9.92. The number of ether oxygens (including phenoxy) is 1. The highest BCUT2D eigenvalue weighted by Gasteiger charge is 2.42. The van der Waals surface area contributed by atoms with Gasteiger partial charge in [-0.3, -0.25) is 4.79 Å². The van der Waals surface area contributed by atoms with Crippen LogP contribution in [-0.4, -0.2) is 20.1 Å². The molecule has 6 heteroatoms. The molecule has 4 nitrogen and oxygen atoms in total. The van der Waals surface area contributed by atoms with Crippen LogP contribution >= 0.6 is 0 Å². The molecule has 0 aromatic heterocycles. The number of benzene rings is 2. The standard InChI is InChI=1S/C18H15FO4S/c1-18(2)17(20)15(12-4-3-5-13(19)10-12)16(23-18)11-6-8-14(9-7-11)24(21)22/h3-10H,1-2H3,(H,21,22). The maximum absolute atomic E-state index is 13.6. The molecule has 0 saturated heterocycles. The lowest BCUT2D eigenvalue weighted by Gasteiger charge is -2.17. The summed E-state index contributed by atoms with van der Waals surface area (Å²) in [6.07, 6.45) is 0. The molecule has 124 valence electrons. The van der Waals surface area contributed by atoms with Crippen LogP contribution in [0.2, 0.25) is 0 Å². The van der Waals surface area contributed by atoms with Gasteiger partial charge in [0.2, 0.25) is 5.78 Å². The third kappa shape index (κ3) is 2.90. The fourth-order valence-electron chi connectivity index (χ4n) is 2.59. The first kappa shape index (κ1) is 16.5. The predicted octanol–water partition coefficient (Wildman–Crippen LogP) is 3.65. The number of Topliss-reactive ketones (excluding diaryl/α,β-unsaturated/α-hetero) is 1. The van der Waals surface area contributed by atoms with Crippen LogP contribution in [0.1, 0.15) is 25.0 Å². The minimum absolute atomic E-state index is 0.238. The van der Waals surface area contributed by atoms with Gasteiger partial charge in [-0.25, -0.2) is 8.60 Å². The minimum Gasteiger partial charge on any atom is -0.478 e. The first-order chi connectivity index (χ1) is 11.3. The van der Waals surface area contributed by atoms with Gasteiger partial charge >= 0.3 is 0 Å². The molecule has 0 spiro atoms. The van der Waals surface area contributed by atoms with Gasteiger partial charge in [0.05, 0.1) is 10.5 Å². The molecule has 1 aliphatic heterocycles. The molecule has 1 heterocycles. The number of rotatable bonds is 3. The van der Waals surface area contributed by atoms with Gasteiger partial charge in [0, 0.05) is 5.56 Å². The molecule has 2 aromatic carbocycles. The van der Waals surface area contributed by atoms with Crippen molar-refractivity contribution >= 4 is 28.2 Å². The van der Waals surface area contributed by atoms with Crippen LogP contribution in [0.25, 0.3) is 11.3 Å². The highest BCUT2D eigenvalue weighted by Crippen LogP contribution is 2.41. The summed E-state index contributed by atoms with van der Waals surface area (Å²) in [7, 11) is 0. The van der Waals surface area contributed by atoms with Crippen molar-refractivity contribution in [2.45, 2.75) is 24.3 Å². The van der Waals surface area contributed by atoms with Crippen molar-refractivity contribution in [3.63, 3.8) is 0 Å². The van der Waals surface area contributed by atoms with Gasteiger partial charge in [-0.15, -0.1) is 0 Å². The number of carbonyl (C=O) groups is 1. The normalized spacial score (nSPS) is 17.8. The van der Waals surface area contributed by atoms with Gasteiger partial charge in [0.25, 0.3) is 0 Å². The van der Waals surface area contributed by atoms with E-state index < -0.39 is 22.5 Å². The van der Waals surface area contributed by atoms with Crippen molar-refractivity contribution in [3.05, 3.63) is 65.5 Å². The van der Waals surface area contributed by atoms with Crippen LogP contribution in [0.3, 0.4) is 0 Å². The molecule has 24 heavy (non-hydrogen) atoms. The molecule has 0 fully saturated rings. The number of halogens is 1. The first-order valence-corrected chi connectivity index (χ1v) is 8.35. The Morgan fingerprint density at radius 2 is 1.75 bits per heavy atom. The molecule has 0 bridgehead atoms. The van der Waals surface area contributed by atoms with Gasteiger partial charge in [-0.2, -0.15) is 0 Å². The van der Waals surface area contributed by atoms with E-state index >= 15 is 0 Å². The zero-order valence-corrected chi connectivity index (χ0v) is 13.9. The molecule has 2 aromatic rings. The Bertz CT molecular complexity index is 869. The van der Waals surface area contributed by atoms with Crippen LogP contribution in [0, 0.1) is 5.82 Å². The van der Waals surface area contributed by atoms with Crippen LogP contribution in [-0.2, 0) is 20.6 Å². The number of hydrogen-bond donors (Lipinski definition) is 1. The number of hydrogen-bond acceptors (Lipinski definition) is 3. The molecule has 0 saturated carbocycles. The molecular weight excluding hydrogens is 331 g/mol. The smallest absolute Gasteiger partial charge is 0.210 e. The average molecular weight is 346 g/mol. The quantitative estimate of drug-likeness (QED) is 0.862. The van der Waals surface area contributed by atoms with E-state index in [0.29, 0.717) is 22.5 Å². The monoisotopic (exact) mass is 346 g/mol. The molecule has 0 amide bonds. The van der Waals surface area contributed by atoms with E-state index in [1.165, 1.54) is 30.3 Å². The topological polar surface area (TPSA) is 63.6 Å². The molecule has 3 rings (SSSR count). The SMILES string of the molecule is CC1(C)OC(c2ccc(S(=O)O)cc2)=C(c2cccc(F)c2)C1=O. The second-order valence-electron chi connectivity index (χ2n) is 5.93. The Labute approximate surface area is 141 Å². The molecule has 0 radical (unpaired) electrons. The summed E-state index contributed by atoms with van der Waals surface area (Å²) in [5.41, 5.74) is 0.269. The third-order valence-electron chi connectivity index (χ3n) is 3.79. The molecule has 1 atom stereocenters. The van der Waals surface area contributed by atoms with Gasteiger partial charge in [0.1, 0.15) is 11.6 Å². The number of ketones is 1. The van der Waals surface area contributed by atoms with Crippen molar-refractivity contribution in [3.8, 4) is 0 Å². The molecule has 1 aliphatic rings. The molecule has 1 N–H and O–H groups in total. The predicted molar refractivity (Wildman–Crippen MR) is 88.9 cm³/mol. The summed E-state index contributed by atoms with van der Waals surface area (Å²) in [5, 5.41) is 0. The van der Waals surface area contributed by atoms with Crippen LogP contribution in [0.5, 0.6) is 0 Å². The van der Waals surface area contributed by atoms with E-state index in [2.05, 4.69) is 0 Å². The van der Waals surface area contributed by atoms with Crippen LogP contribution in [0.15, 0.2) is 53.4 Å². The highest BCUT2D eigenvalue weighted by atomic mass is 32.2. The Morgan fingerprint density at radius 1 is 1.08 bits per heavy atom. The Kier molecular flexibility index (Phi) is 4.11. The summed E-state index contributed by atoms with van der Waals surface area (Å²) in [5.74, 6) is -0.341. The average Bonchev–Trinajstić information content (AvgIpc) is 2.78. The van der Waals surface area contributed by atoms with E-state index in [4.69, 9.17) is 9.29 Å². The van der Waals surface area contributed by atoms with Gasteiger partial charge < -0.3 is 9.29 Å². The molecular formula is C18H15FO4S. The maximum atomic E-state index is 13.6. The van der Waals surface area contributed by atoms with Gasteiger partial charge in [-0.1, -0.05) is 12.1 Å². The summed E-state index contributed by atoms with van der Waals surface area (Å²) in [6, 6.07) is 12.0. The fraction of sp³-hybridized carbons (Fsp3) is 0.167. The van der Waals surface area contributed by atoms with Crippen LogP contribution < -0.4 is 0 Å². The van der Waals surface area contributed by atoms with E-state index in [0.717, 1.165) is 0 Å². The van der Waals surface area contributed by atoms with E-state index in [-0.39, 0.29) is 10.7 Å². The maximum Gasteiger partial charge on any atom is 0.210 e. The second kappa shape index (κ2) is 5.96. The van der Waals surface area contributed by atoms with Crippen molar-refractivity contribution in [2.75, 3.05) is 0 Å². The number of carbonyl (C=O) groups excluding carboxylic acids is 1. The van der Waals surface area contributed by atoms with Gasteiger partial charge in [-0.05, 0) is 55.8 Å². The summed E-state index contributed by atoms with van der Waals surface area (Å²) in [4.78, 5) is 12.9. The van der Waals surface area contributed by atoms with Crippen LogP contribution in [0.4, 0.5) is 4.39 Å². The lowest BCUT2D eigenvalue weighted by Crippen LogP contribution is -2.29. The van der Waals surface area contributed by atoms with E-state index in [1.807, 2.05) is 0 Å².